The molecule has 2 aliphatic rings. The van der Waals surface area contributed by atoms with Crippen LogP contribution in [0.1, 0.15) is 51.9 Å². The Morgan fingerprint density at radius 3 is 2.60 bits per heavy atom. The van der Waals surface area contributed by atoms with Crippen LogP contribution >= 0.6 is 0 Å². The first-order valence-electron chi connectivity index (χ1n) is 6.70. The molecule has 2 N–H and O–H groups in total. The zero-order valence-corrected chi connectivity index (χ0v) is 9.91. The molecule has 2 fully saturated rings. The first-order chi connectivity index (χ1) is 7.33. The summed E-state index contributed by atoms with van der Waals surface area (Å²) in [5.41, 5.74) is 0. The Kier molecular flexibility index (Phi) is 4.04. The Labute approximate surface area is 93.5 Å². The fourth-order valence-electron chi connectivity index (χ4n) is 3.01. The average Bonchev–Trinajstić information content (AvgIpc) is 3.10. The number of rotatable bonds is 5. The third kappa shape index (κ3) is 3.18. The van der Waals surface area contributed by atoms with Crippen LogP contribution < -0.4 is 5.32 Å². The number of aliphatic hydroxyl groups is 1. The van der Waals surface area contributed by atoms with Crippen molar-refractivity contribution in [3.63, 3.8) is 0 Å². The van der Waals surface area contributed by atoms with Crippen LogP contribution in [-0.2, 0) is 0 Å². The molecule has 2 saturated carbocycles. The lowest BCUT2D eigenvalue weighted by atomic mass is 9.82. The maximum absolute atomic E-state index is 9.18. The molecule has 0 spiro atoms. The molecule has 2 rings (SSSR count). The van der Waals surface area contributed by atoms with E-state index < -0.39 is 0 Å². The molecular formula is C13H25NO. The van der Waals surface area contributed by atoms with E-state index in [2.05, 4.69) is 12.2 Å². The summed E-state index contributed by atoms with van der Waals surface area (Å²) >= 11 is 0. The van der Waals surface area contributed by atoms with E-state index in [-0.39, 0.29) is 0 Å². The molecule has 88 valence electrons. The molecule has 2 nitrogen and oxygen atoms in total. The molecule has 2 heteroatoms. The summed E-state index contributed by atoms with van der Waals surface area (Å²) in [5.74, 6) is 2.05. The minimum Gasteiger partial charge on any atom is -0.395 e. The molecule has 2 aliphatic carbocycles. The largest absolute Gasteiger partial charge is 0.395 e. The lowest BCUT2D eigenvalue weighted by Gasteiger charge is -2.32. The van der Waals surface area contributed by atoms with E-state index in [1.807, 2.05) is 0 Å². The number of hydrogen-bond donors (Lipinski definition) is 2. The Morgan fingerprint density at radius 2 is 2.00 bits per heavy atom. The average molecular weight is 211 g/mol. The van der Waals surface area contributed by atoms with Crippen LogP contribution in [0, 0.1) is 11.8 Å². The van der Waals surface area contributed by atoms with Crippen molar-refractivity contribution in [3.05, 3.63) is 0 Å². The topological polar surface area (TPSA) is 32.3 Å². The summed E-state index contributed by atoms with van der Waals surface area (Å²) in [6.07, 6.45) is 9.53. The summed E-state index contributed by atoms with van der Waals surface area (Å²) < 4.78 is 0. The highest BCUT2D eigenvalue weighted by Gasteiger charge is 2.34. The molecule has 3 atom stereocenters. The first kappa shape index (κ1) is 11.4. The van der Waals surface area contributed by atoms with Gasteiger partial charge in [0.15, 0.2) is 0 Å². The van der Waals surface area contributed by atoms with Gasteiger partial charge in [0.1, 0.15) is 0 Å². The third-order valence-electron chi connectivity index (χ3n) is 4.19. The van der Waals surface area contributed by atoms with Crippen LogP contribution in [0.4, 0.5) is 0 Å². The highest BCUT2D eigenvalue weighted by atomic mass is 16.3. The van der Waals surface area contributed by atoms with Crippen molar-refractivity contribution in [2.24, 2.45) is 11.8 Å². The summed E-state index contributed by atoms with van der Waals surface area (Å²) in [7, 11) is 0. The molecule has 0 aromatic heterocycles. The Morgan fingerprint density at radius 1 is 1.20 bits per heavy atom. The van der Waals surface area contributed by atoms with E-state index in [1.165, 1.54) is 38.5 Å². The quantitative estimate of drug-likeness (QED) is 0.731. The smallest absolute Gasteiger partial charge is 0.0584 e. The molecule has 0 saturated heterocycles. The summed E-state index contributed by atoms with van der Waals surface area (Å²) in [5, 5.41) is 12.8. The van der Waals surface area contributed by atoms with Crippen molar-refractivity contribution in [3.8, 4) is 0 Å². The van der Waals surface area contributed by atoms with Crippen LogP contribution in [0.25, 0.3) is 0 Å². The third-order valence-corrected chi connectivity index (χ3v) is 4.19. The van der Waals surface area contributed by atoms with Crippen molar-refractivity contribution in [1.82, 2.24) is 5.32 Å². The molecule has 0 radical (unpaired) electrons. The predicted octanol–water partition coefficient (Wildman–Crippen LogP) is 2.32. The van der Waals surface area contributed by atoms with Crippen molar-refractivity contribution >= 4 is 0 Å². The molecular weight excluding hydrogens is 186 g/mol. The van der Waals surface area contributed by atoms with E-state index in [0.717, 1.165) is 18.3 Å². The van der Waals surface area contributed by atoms with Gasteiger partial charge in [-0.1, -0.05) is 19.8 Å². The predicted molar refractivity (Wildman–Crippen MR) is 62.8 cm³/mol. The SMILES string of the molecule is CC[C@H](CO)NC1CCCC(C2CC2)C1. The van der Waals surface area contributed by atoms with E-state index in [1.54, 1.807) is 0 Å². The van der Waals surface area contributed by atoms with Crippen molar-refractivity contribution < 1.29 is 5.11 Å². The second-order valence-corrected chi connectivity index (χ2v) is 5.42. The Balaban J connectivity index is 1.76. The molecule has 0 aliphatic heterocycles. The minimum atomic E-state index is 0.293. The van der Waals surface area contributed by atoms with E-state index in [4.69, 9.17) is 0 Å². The molecule has 0 amide bonds. The van der Waals surface area contributed by atoms with Gasteiger partial charge in [-0.15, -0.1) is 0 Å². The minimum absolute atomic E-state index is 0.293. The van der Waals surface area contributed by atoms with Crippen LogP contribution in [0.15, 0.2) is 0 Å². The van der Waals surface area contributed by atoms with Gasteiger partial charge in [-0.05, 0) is 43.9 Å². The molecule has 0 heterocycles. The Bertz CT molecular complexity index is 185. The van der Waals surface area contributed by atoms with Crippen LogP contribution in [0.3, 0.4) is 0 Å². The highest BCUT2D eigenvalue weighted by Crippen LogP contribution is 2.43. The monoisotopic (exact) mass is 211 g/mol. The maximum Gasteiger partial charge on any atom is 0.0584 e. The van der Waals surface area contributed by atoms with Gasteiger partial charge in [0.2, 0.25) is 0 Å². The van der Waals surface area contributed by atoms with Crippen molar-refractivity contribution in [2.45, 2.75) is 64.0 Å². The molecule has 15 heavy (non-hydrogen) atoms. The van der Waals surface area contributed by atoms with Crippen LogP contribution in [0.5, 0.6) is 0 Å². The molecule has 0 aromatic carbocycles. The second kappa shape index (κ2) is 5.31. The zero-order valence-electron chi connectivity index (χ0n) is 9.91. The van der Waals surface area contributed by atoms with Crippen molar-refractivity contribution in [2.75, 3.05) is 6.61 Å². The van der Waals surface area contributed by atoms with Gasteiger partial charge < -0.3 is 10.4 Å². The summed E-state index contributed by atoms with van der Waals surface area (Å²) in [6.45, 7) is 2.44. The Hall–Kier alpha value is -0.0800. The lowest BCUT2D eigenvalue weighted by molar-refractivity contribution is 0.194. The second-order valence-electron chi connectivity index (χ2n) is 5.42. The van der Waals surface area contributed by atoms with Gasteiger partial charge in [-0.3, -0.25) is 0 Å². The van der Waals surface area contributed by atoms with E-state index in [0.29, 0.717) is 18.7 Å². The molecule has 2 unspecified atom stereocenters. The fourth-order valence-corrected chi connectivity index (χ4v) is 3.01. The van der Waals surface area contributed by atoms with Gasteiger partial charge in [-0.2, -0.15) is 0 Å². The molecule has 0 aromatic rings. The normalized spacial score (nSPS) is 34.0. The van der Waals surface area contributed by atoms with E-state index in [9.17, 15) is 5.11 Å². The standard InChI is InChI=1S/C13H25NO/c1-2-12(9-15)14-13-5-3-4-11(8-13)10-6-7-10/h10-15H,2-9H2,1H3/t11?,12-,13?/m1/s1. The van der Waals surface area contributed by atoms with E-state index >= 15 is 0 Å². The van der Waals surface area contributed by atoms with Crippen molar-refractivity contribution in [1.29, 1.82) is 0 Å². The van der Waals surface area contributed by atoms with Gasteiger partial charge in [0.25, 0.3) is 0 Å². The summed E-state index contributed by atoms with van der Waals surface area (Å²) in [6, 6.07) is 1.01. The zero-order chi connectivity index (χ0) is 10.7. The number of nitrogens with one attached hydrogen (secondary N) is 1. The lowest BCUT2D eigenvalue weighted by Crippen LogP contribution is -2.42. The first-order valence-corrected chi connectivity index (χ1v) is 6.70. The number of hydrogen-bond acceptors (Lipinski definition) is 2. The van der Waals surface area contributed by atoms with Gasteiger partial charge in [-0.25, -0.2) is 0 Å². The number of aliphatic hydroxyl groups excluding tert-OH is 1. The highest BCUT2D eigenvalue weighted by molar-refractivity contribution is 4.88. The fraction of sp³-hybridized carbons (Fsp3) is 1.00. The van der Waals surface area contributed by atoms with Crippen LogP contribution in [-0.4, -0.2) is 23.8 Å². The van der Waals surface area contributed by atoms with Gasteiger partial charge in [0, 0.05) is 12.1 Å². The summed E-state index contributed by atoms with van der Waals surface area (Å²) in [4.78, 5) is 0. The van der Waals surface area contributed by atoms with Gasteiger partial charge >= 0.3 is 0 Å². The van der Waals surface area contributed by atoms with Crippen LogP contribution in [0.2, 0.25) is 0 Å². The molecule has 0 bridgehead atoms. The van der Waals surface area contributed by atoms with Gasteiger partial charge in [0.05, 0.1) is 6.61 Å². The maximum atomic E-state index is 9.18.